The molecule has 0 aliphatic heterocycles. The highest BCUT2D eigenvalue weighted by Crippen LogP contribution is 2.30. The molecule has 1 N–H and O–H groups in total. The first-order chi connectivity index (χ1) is 9.56. The van der Waals surface area contributed by atoms with E-state index < -0.39 is 5.43 Å². The number of aryl methyl sites for hydroxylation is 1. The summed E-state index contributed by atoms with van der Waals surface area (Å²) in [6.45, 7) is 1.92. The Morgan fingerprint density at radius 3 is 2.50 bits per heavy atom. The third-order valence-corrected chi connectivity index (χ3v) is 3.66. The number of aromatic hydroxyl groups is 1. The van der Waals surface area contributed by atoms with Gasteiger partial charge in [0.25, 0.3) is 0 Å². The van der Waals surface area contributed by atoms with Gasteiger partial charge in [0.2, 0.25) is 11.2 Å². The van der Waals surface area contributed by atoms with Crippen LogP contribution < -0.4 is 5.43 Å². The van der Waals surface area contributed by atoms with Crippen molar-refractivity contribution in [2.45, 2.75) is 6.92 Å². The lowest BCUT2D eigenvalue weighted by atomic mass is 10.1. The number of benzene rings is 2. The molecular weight excluding hydrogens is 320 g/mol. The minimum absolute atomic E-state index is 0.195. The fraction of sp³-hybridized carbons (Fsp3) is 0.0625. The summed E-state index contributed by atoms with van der Waals surface area (Å²) in [4.78, 5) is 12.2. The average molecular weight is 331 g/mol. The molecule has 0 radical (unpaired) electrons. The third kappa shape index (κ3) is 2.12. The molecule has 4 heteroatoms. The lowest BCUT2D eigenvalue weighted by Gasteiger charge is -2.06. The quantitative estimate of drug-likeness (QED) is 0.726. The third-order valence-electron chi connectivity index (χ3n) is 3.13. The summed E-state index contributed by atoms with van der Waals surface area (Å²) in [5.41, 5.74) is 1.72. The largest absolute Gasteiger partial charge is 0.502 e. The van der Waals surface area contributed by atoms with Crippen LogP contribution >= 0.6 is 15.9 Å². The summed E-state index contributed by atoms with van der Waals surface area (Å²) in [5.74, 6) is -0.163. The maximum Gasteiger partial charge on any atom is 0.235 e. The van der Waals surface area contributed by atoms with Gasteiger partial charge in [-0.2, -0.15) is 0 Å². The van der Waals surface area contributed by atoms with Crippen molar-refractivity contribution in [3.63, 3.8) is 0 Å². The molecule has 0 spiro atoms. The summed E-state index contributed by atoms with van der Waals surface area (Å²) in [5, 5.41) is 10.5. The fourth-order valence-electron chi connectivity index (χ4n) is 2.09. The van der Waals surface area contributed by atoms with Crippen LogP contribution in [-0.2, 0) is 0 Å². The van der Waals surface area contributed by atoms with Crippen LogP contribution in [-0.4, -0.2) is 5.11 Å². The number of fused-ring (bicyclic) bond motifs is 1. The summed E-state index contributed by atoms with van der Waals surface area (Å²) in [6.07, 6.45) is 0. The topological polar surface area (TPSA) is 50.4 Å². The fourth-order valence-corrected chi connectivity index (χ4v) is 2.35. The van der Waals surface area contributed by atoms with Gasteiger partial charge in [0.1, 0.15) is 5.58 Å². The van der Waals surface area contributed by atoms with Gasteiger partial charge in [-0.1, -0.05) is 22.0 Å². The zero-order chi connectivity index (χ0) is 14.3. The molecule has 0 aliphatic carbocycles. The predicted molar refractivity (Wildman–Crippen MR) is 82.0 cm³/mol. The van der Waals surface area contributed by atoms with Crippen molar-refractivity contribution in [3.05, 3.63) is 62.7 Å². The van der Waals surface area contributed by atoms with Crippen LogP contribution in [0.3, 0.4) is 0 Å². The second-order valence-corrected chi connectivity index (χ2v) is 5.53. The Morgan fingerprint density at radius 1 is 1.10 bits per heavy atom. The summed E-state index contributed by atoms with van der Waals surface area (Å²) < 4.78 is 6.63. The highest BCUT2D eigenvalue weighted by molar-refractivity contribution is 9.10. The van der Waals surface area contributed by atoms with E-state index in [0.717, 1.165) is 10.0 Å². The second kappa shape index (κ2) is 4.80. The van der Waals surface area contributed by atoms with Gasteiger partial charge in [0, 0.05) is 10.0 Å². The van der Waals surface area contributed by atoms with Crippen molar-refractivity contribution in [2.24, 2.45) is 0 Å². The van der Waals surface area contributed by atoms with E-state index >= 15 is 0 Å². The molecule has 0 amide bonds. The number of hydrogen-bond donors (Lipinski definition) is 1. The SMILES string of the molecule is Cc1ccc2c(=O)c(O)c(-c3ccc(Br)cc3)oc2c1. The molecule has 0 unspecified atom stereocenters. The second-order valence-electron chi connectivity index (χ2n) is 4.62. The Bertz CT molecular complexity index is 848. The van der Waals surface area contributed by atoms with E-state index in [1.54, 1.807) is 24.3 Å². The van der Waals surface area contributed by atoms with Crippen molar-refractivity contribution in [2.75, 3.05) is 0 Å². The van der Waals surface area contributed by atoms with E-state index in [-0.39, 0.29) is 11.5 Å². The Hall–Kier alpha value is -2.07. The van der Waals surface area contributed by atoms with Crippen LogP contribution in [0.2, 0.25) is 0 Å². The molecular formula is C16H11BrO3. The van der Waals surface area contributed by atoms with Gasteiger partial charge in [0.15, 0.2) is 5.76 Å². The first-order valence-corrected chi connectivity index (χ1v) is 6.88. The zero-order valence-corrected chi connectivity index (χ0v) is 12.3. The molecule has 100 valence electrons. The van der Waals surface area contributed by atoms with Gasteiger partial charge in [0.05, 0.1) is 5.39 Å². The smallest absolute Gasteiger partial charge is 0.235 e. The first-order valence-electron chi connectivity index (χ1n) is 6.08. The lowest BCUT2D eigenvalue weighted by Crippen LogP contribution is -2.02. The van der Waals surface area contributed by atoms with E-state index in [4.69, 9.17) is 4.42 Å². The Morgan fingerprint density at radius 2 is 1.80 bits per heavy atom. The standard InChI is InChI=1S/C16H11BrO3/c1-9-2-7-12-13(8-9)20-16(15(19)14(12)18)10-3-5-11(17)6-4-10/h2-8,19H,1H3. The van der Waals surface area contributed by atoms with E-state index in [2.05, 4.69) is 15.9 Å². The number of rotatable bonds is 1. The number of halogens is 1. The highest BCUT2D eigenvalue weighted by Gasteiger charge is 2.15. The molecule has 3 aromatic rings. The van der Waals surface area contributed by atoms with Crippen LogP contribution in [0.5, 0.6) is 5.75 Å². The van der Waals surface area contributed by atoms with Crippen molar-refractivity contribution in [3.8, 4) is 17.1 Å². The molecule has 0 atom stereocenters. The highest BCUT2D eigenvalue weighted by atomic mass is 79.9. The van der Waals surface area contributed by atoms with Crippen LogP contribution in [0.4, 0.5) is 0 Å². The molecule has 0 saturated heterocycles. The molecule has 0 fully saturated rings. The first kappa shape index (κ1) is 12.9. The Balaban J connectivity index is 2.33. The normalized spacial score (nSPS) is 10.9. The molecule has 1 heterocycles. The molecule has 0 bridgehead atoms. The Labute approximate surface area is 123 Å². The summed E-state index contributed by atoms with van der Waals surface area (Å²) >= 11 is 3.35. The van der Waals surface area contributed by atoms with Crippen LogP contribution in [0, 0.1) is 6.92 Å². The van der Waals surface area contributed by atoms with Gasteiger partial charge < -0.3 is 9.52 Å². The van der Waals surface area contributed by atoms with Gasteiger partial charge >= 0.3 is 0 Å². The average Bonchev–Trinajstić information content (AvgIpc) is 2.44. The van der Waals surface area contributed by atoms with Crippen LogP contribution in [0.25, 0.3) is 22.3 Å². The summed E-state index contributed by atoms with van der Waals surface area (Å²) in [6, 6.07) is 12.5. The van der Waals surface area contributed by atoms with Gasteiger partial charge in [-0.05, 0) is 48.9 Å². The Kier molecular flexibility index (Phi) is 3.10. The van der Waals surface area contributed by atoms with Crippen molar-refractivity contribution < 1.29 is 9.52 Å². The van der Waals surface area contributed by atoms with E-state index in [1.807, 2.05) is 25.1 Å². The monoisotopic (exact) mass is 330 g/mol. The molecule has 0 aliphatic rings. The molecule has 0 saturated carbocycles. The zero-order valence-electron chi connectivity index (χ0n) is 10.7. The lowest BCUT2D eigenvalue weighted by molar-refractivity contribution is 0.449. The molecule has 2 aromatic carbocycles. The van der Waals surface area contributed by atoms with Gasteiger partial charge in [-0.15, -0.1) is 0 Å². The van der Waals surface area contributed by atoms with Crippen molar-refractivity contribution in [1.82, 2.24) is 0 Å². The van der Waals surface area contributed by atoms with Gasteiger partial charge in [-0.25, -0.2) is 0 Å². The van der Waals surface area contributed by atoms with Gasteiger partial charge in [-0.3, -0.25) is 4.79 Å². The predicted octanol–water partition coefficient (Wildman–Crippen LogP) is 4.24. The maximum atomic E-state index is 12.2. The van der Waals surface area contributed by atoms with E-state index in [1.165, 1.54) is 0 Å². The van der Waals surface area contributed by atoms with Crippen molar-refractivity contribution in [1.29, 1.82) is 0 Å². The van der Waals surface area contributed by atoms with E-state index in [9.17, 15) is 9.90 Å². The number of hydrogen-bond acceptors (Lipinski definition) is 3. The maximum absolute atomic E-state index is 12.2. The van der Waals surface area contributed by atoms with Crippen LogP contribution in [0.1, 0.15) is 5.56 Å². The van der Waals surface area contributed by atoms with Crippen molar-refractivity contribution >= 4 is 26.9 Å². The van der Waals surface area contributed by atoms with E-state index in [0.29, 0.717) is 16.5 Å². The molecule has 1 aromatic heterocycles. The molecule has 3 rings (SSSR count). The molecule has 20 heavy (non-hydrogen) atoms. The molecule has 3 nitrogen and oxygen atoms in total. The van der Waals surface area contributed by atoms with Crippen LogP contribution in [0.15, 0.2) is 56.1 Å². The minimum atomic E-state index is -0.413. The minimum Gasteiger partial charge on any atom is -0.502 e. The summed E-state index contributed by atoms with van der Waals surface area (Å²) in [7, 11) is 0.